The number of benzene rings is 1. The van der Waals surface area contributed by atoms with Crippen LogP contribution in [0.5, 0.6) is 0 Å². The minimum absolute atomic E-state index is 0.0415. The first kappa shape index (κ1) is 17.8. The predicted molar refractivity (Wildman–Crippen MR) is 105 cm³/mol. The van der Waals surface area contributed by atoms with Crippen molar-refractivity contribution in [3.05, 3.63) is 60.5 Å². The first-order chi connectivity index (χ1) is 14.6. The molecule has 0 N–H and O–H groups in total. The van der Waals surface area contributed by atoms with Crippen LogP contribution in [0.4, 0.5) is 10.1 Å². The quantitative estimate of drug-likeness (QED) is 0.710. The highest BCUT2D eigenvalue weighted by atomic mass is 19.1. The smallest absolute Gasteiger partial charge is 0.234 e. The number of ether oxygens (including phenoxy) is 1. The van der Waals surface area contributed by atoms with E-state index in [1.807, 2.05) is 17.1 Å². The van der Waals surface area contributed by atoms with Gasteiger partial charge >= 0.3 is 0 Å². The zero-order valence-electron chi connectivity index (χ0n) is 16.3. The summed E-state index contributed by atoms with van der Waals surface area (Å²) in [6.45, 7) is 2.30. The molecule has 0 radical (unpaired) electrons. The van der Waals surface area contributed by atoms with Gasteiger partial charge in [0.05, 0.1) is 43.1 Å². The van der Waals surface area contributed by atoms with E-state index in [4.69, 9.17) is 4.74 Å². The van der Waals surface area contributed by atoms with E-state index in [1.54, 1.807) is 29.6 Å². The minimum atomic E-state index is -0.788. The molecule has 2 aromatic rings. The second-order valence-electron chi connectivity index (χ2n) is 8.49. The standard InChI is InChI=1S/C22H21FN4O3/c23-14-2-4-15(5-3-14)27-12-22-7-6-17(30-22)18(19(22)21(27)29)20(28)25-8-1-9-26-13-24-10-16(26)11-25/h2-7,10,13,17-19H,1,8-9,11-12H2/t17-,18+,19+,22-/m0/s1. The molecule has 0 saturated carbocycles. The highest BCUT2D eigenvalue weighted by Crippen LogP contribution is 2.53. The molecule has 30 heavy (non-hydrogen) atoms. The van der Waals surface area contributed by atoms with Gasteiger partial charge in [-0.2, -0.15) is 0 Å². The molecule has 2 amide bonds. The van der Waals surface area contributed by atoms with Crippen LogP contribution < -0.4 is 4.90 Å². The van der Waals surface area contributed by atoms with Crippen LogP contribution in [0.1, 0.15) is 12.1 Å². The zero-order valence-corrected chi connectivity index (χ0v) is 16.3. The Balaban J connectivity index is 1.31. The summed E-state index contributed by atoms with van der Waals surface area (Å²) in [5, 5.41) is 0. The molecule has 0 aliphatic carbocycles. The number of aromatic nitrogens is 2. The normalized spacial score (nSPS) is 31.8. The molecule has 4 aliphatic rings. The number of anilines is 1. The zero-order chi connectivity index (χ0) is 20.5. The number of rotatable bonds is 2. The van der Waals surface area contributed by atoms with Gasteiger partial charge in [-0.25, -0.2) is 9.37 Å². The molecule has 154 valence electrons. The Morgan fingerprint density at radius 2 is 2.07 bits per heavy atom. The van der Waals surface area contributed by atoms with Crippen LogP contribution in [0.2, 0.25) is 0 Å². The second kappa shape index (κ2) is 6.25. The average molecular weight is 408 g/mol. The Labute approximate surface area is 172 Å². The summed E-state index contributed by atoms with van der Waals surface area (Å²) in [6.07, 6.45) is 7.90. The molecule has 2 bridgehead atoms. The lowest BCUT2D eigenvalue weighted by atomic mass is 9.76. The van der Waals surface area contributed by atoms with E-state index in [2.05, 4.69) is 9.55 Å². The summed E-state index contributed by atoms with van der Waals surface area (Å²) in [5.41, 5.74) is 0.834. The van der Waals surface area contributed by atoms with Crippen molar-refractivity contribution in [1.82, 2.24) is 14.5 Å². The highest BCUT2D eigenvalue weighted by Gasteiger charge is 2.67. The Kier molecular flexibility index (Phi) is 3.71. The first-order valence-corrected chi connectivity index (χ1v) is 10.3. The molecule has 7 nitrogen and oxygen atoms in total. The molecular formula is C22H21FN4O3. The molecule has 2 saturated heterocycles. The van der Waals surface area contributed by atoms with Gasteiger partial charge in [0, 0.05) is 25.0 Å². The number of halogens is 1. The van der Waals surface area contributed by atoms with Crippen molar-refractivity contribution in [3.63, 3.8) is 0 Å². The predicted octanol–water partition coefficient (Wildman–Crippen LogP) is 1.74. The van der Waals surface area contributed by atoms with Crippen LogP contribution in [0, 0.1) is 17.7 Å². The first-order valence-electron chi connectivity index (χ1n) is 10.3. The number of imidazole rings is 1. The van der Waals surface area contributed by atoms with Crippen molar-refractivity contribution >= 4 is 17.5 Å². The van der Waals surface area contributed by atoms with Crippen molar-refractivity contribution < 1.29 is 18.7 Å². The number of carbonyl (C=O) groups is 2. The second-order valence-corrected chi connectivity index (χ2v) is 8.49. The number of carbonyl (C=O) groups excluding carboxylic acids is 2. The van der Waals surface area contributed by atoms with Crippen molar-refractivity contribution in [2.75, 3.05) is 18.0 Å². The third-order valence-corrected chi connectivity index (χ3v) is 6.81. The Bertz CT molecular complexity index is 1060. The lowest BCUT2D eigenvalue weighted by Crippen LogP contribution is -2.45. The van der Waals surface area contributed by atoms with Gasteiger partial charge < -0.3 is 19.1 Å². The van der Waals surface area contributed by atoms with E-state index in [1.165, 1.54) is 12.1 Å². The van der Waals surface area contributed by atoms with Gasteiger partial charge in [-0.1, -0.05) is 12.2 Å². The number of amides is 2. The summed E-state index contributed by atoms with van der Waals surface area (Å²) in [5.74, 6) is -1.62. The fourth-order valence-electron chi connectivity index (χ4n) is 5.41. The molecule has 1 aromatic carbocycles. The number of hydrogen-bond acceptors (Lipinski definition) is 4. The fraction of sp³-hybridized carbons (Fsp3) is 0.409. The van der Waals surface area contributed by atoms with E-state index in [-0.39, 0.29) is 23.7 Å². The van der Waals surface area contributed by atoms with Gasteiger partial charge in [-0.05, 0) is 30.7 Å². The molecule has 4 atom stereocenters. The van der Waals surface area contributed by atoms with Crippen LogP contribution >= 0.6 is 0 Å². The topological polar surface area (TPSA) is 67.7 Å². The summed E-state index contributed by atoms with van der Waals surface area (Å²) >= 11 is 0. The number of hydrogen-bond donors (Lipinski definition) is 0. The van der Waals surface area contributed by atoms with Gasteiger partial charge in [0.2, 0.25) is 11.8 Å². The van der Waals surface area contributed by atoms with Crippen LogP contribution in [0.3, 0.4) is 0 Å². The van der Waals surface area contributed by atoms with Gasteiger partial charge in [-0.3, -0.25) is 9.59 Å². The summed E-state index contributed by atoms with van der Waals surface area (Å²) in [6, 6.07) is 5.86. The lowest BCUT2D eigenvalue weighted by Gasteiger charge is -2.29. The Morgan fingerprint density at radius 1 is 1.23 bits per heavy atom. The van der Waals surface area contributed by atoms with E-state index in [0.29, 0.717) is 25.3 Å². The average Bonchev–Trinajstić information content (AvgIpc) is 3.47. The summed E-state index contributed by atoms with van der Waals surface area (Å²) in [4.78, 5) is 34.7. The van der Waals surface area contributed by atoms with Crippen molar-refractivity contribution in [2.24, 2.45) is 11.8 Å². The van der Waals surface area contributed by atoms with E-state index in [9.17, 15) is 14.0 Å². The number of fused-ring (bicyclic) bond motifs is 2. The molecule has 2 fully saturated rings. The molecule has 1 spiro atoms. The molecule has 8 heteroatoms. The molecule has 5 heterocycles. The minimum Gasteiger partial charge on any atom is -0.360 e. The monoisotopic (exact) mass is 408 g/mol. The summed E-state index contributed by atoms with van der Waals surface area (Å²) in [7, 11) is 0. The fourth-order valence-corrected chi connectivity index (χ4v) is 5.41. The van der Waals surface area contributed by atoms with Crippen LogP contribution in [0.25, 0.3) is 0 Å². The van der Waals surface area contributed by atoms with Gasteiger partial charge in [0.15, 0.2) is 0 Å². The Hall–Kier alpha value is -3.00. The summed E-state index contributed by atoms with van der Waals surface area (Å²) < 4.78 is 21.6. The largest absolute Gasteiger partial charge is 0.360 e. The molecule has 6 rings (SSSR count). The third kappa shape index (κ3) is 2.43. The van der Waals surface area contributed by atoms with Crippen LogP contribution in [-0.4, -0.2) is 51.1 Å². The number of nitrogens with zero attached hydrogens (tertiary/aromatic N) is 4. The van der Waals surface area contributed by atoms with E-state index in [0.717, 1.165) is 18.7 Å². The van der Waals surface area contributed by atoms with E-state index >= 15 is 0 Å². The van der Waals surface area contributed by atoms with Crippen LogP contribution in [0.15, 0.2) is 48.9 Å². The van der Waals surface area contributed by atoms with Gasteiger partial charge in [0.25, 0.3) is 0 Å². The lowest BCUT2D eigenvalue weighted by molar-refractivity contribution is -0.140. The molecular weight excluding hydrogens is 387 g/mol. The maximum Gasteiger partial charge on any atom is 0.234 e. The molecule has 1 aromatic heterocycles. The SMILES string of the molecule is O=C([C@@H]1[C@@H]2C=C[C@@]3(CN(c4ccc(F)cc4)C(=O)[C@@H]13)O2)N1CCCn2cncc2C1. The third-order valence-electron chi connectivity index (χ3n) is 6.81. The molecule has 4 aliphatic heterocycles. The number of aryl methyl sites for hydroxylation is 1. The molecule has 0 unspecified atom stereocenters. The van der Waals surface area contributed by atoms with Gasteiger partial charge in [-0.15, -0.1) is 0 Å². The van der Waals surface area contributed by atoms with Gasteiger partial charge in [0.1, 0.15) is 11.4 Å². The van der Waals surface area contributed by atoms with E-state index < -0.39 is 17.4 Å². The van der Waals surface area contributed by atoms with Crippen molar-refractivity contribution in [3.8, 4) is 0 Å². The maximum absolute atomic E-state index is 13.6. The van der Waals surface area contributed by atoms with Crippen molar-refractivity contribution in [2.45, 2.75) is 31.2 Å². The van der Waals surface area contributed by atoms with Crippen LogP contribution in [-0.2, 0) is 27.4 Å². The highest BCUT2D eigenvalue weighted by molar-refractivity contribution is 6.03. The maximum atomic E-state index is 13.6. The Morgan fingerprint density at radius 3 is 2.90 bits per heavy atom. The van der Waals surface area contributed by atoms with Crippen molar-refractivity contribution in [1.29, 1.82) is 0 Å².